The summed E-state index contributed by atoms with van der Waals surface area (Å²) in [5.74, 6) is 1.57. The molecule has 0 aliphatic rings. The first-order valence-corrected chi connectivity index (χ1v) is 9.81. The molecule has 0 saturated carbocycles. The molecule has 7 heteroatoms. The molecular formula is C20H37N5O2. The Morgan fingerprint density at radius 2 is 1.81 bits per heavy atom. The van der Waals surface area contributed by atoms with Gasteiger partial charge in [0.05, 0.1) is 6.26 Å². The first-order valence-electron chi connectivity index (χ1n) is 9.81. The van der Waals surface area contributed by atoms with E-state index in [-0.39, 0.29) is 12.5 Å². The quantitative estimate of drug-likeness (QED) is 0.349. The van der Waals surface area contributed by atoms with Gasteiger partial charge in [-0.3, -0.25) is 9.69 Å². The number of furan rings is 1. The number of nitrogens with one attached hydrogen (secondary N) is 2. The van der Waals surface area contributed by atoms with E-state index in [1.54, 1.807) is 25.3 Å². The molecule has 0 bridgehead atoms. The number of likely N-dealkylation sites (N-methyl/N-ethyl adjacent to an activating group) is 1. The summed E-state index contributed by atoms with van der Waals surface area (Å²) in [5, 5.41) is 6.62. The van der Waals surface area contributed by atoms with Crippen LogP contribution in [0, 0.1) is 0 Å². The van der Waals surface area contributed by atoms with E-state index in [1.165, 1.54) is 0 Å². The third-order valence-electron chi connectivity index (χ3n) is 4.33. The van der Waals surface area contributed by atoms with Crippen LogP contribution in [0.3, 0.4) is 0 Å². The summed E-state index contributed by atoms with van der Waals surface area (Å²) in [6.07, 6.45) is 3.45. The van der Waals surface area contributed by atoms with Crippen LogP contribution in [-0.4, -0.2) is 74.0 Å². The summed E-state index contributed by atoms with van der Waals surface area (Å²) in [4.78, 5) is 20.2. The molecule has 154 valence electrons. The molecule has 0 atom stereocenters. The van der Waals surface area contributed by atoms with Crippen molar-refractivity contribution in [2.75, 3.05) is 40.3 Å². The van der Waals surface area contributed by atoms with Gasteiger partial charge in [-0.15, -0.1) is 0 Å². The normalized spacial score (nSPS) is 12.1. The number of hydrogen-bond acceptors (Lipinski definition) is 4. The maximum atomic E-state index is 11.8. The van der Waals surface area contributed by atoms with Crippen molar-refractivity contribution in [1.29, 1.82) is 0 Å². The minimum Gasteiger partial charge on any atom is -0.469 e. The molecule has 0 radical (unpaired) electrons. The maximum absolute atomic E-state index is 11.8. The van der Waals surface area contributed by atoms with Crippen molar-refractivity contribution in [3.05, 3.63) is 24.2 Å². The van der Waals surface area contributed by atoms with Gasteiger partial charge in [-0.2, -0.15) is 0 Å². The zero-order valence-corrected chi connectivity index (χ0v) is 17.8. The minimum absolute atomic E-state index is 0.0204. The summed E-state index contributed by atoms with van der Waals surface area (Å²) in [5.41, 5.74) is 0. The highest BCUT2D eigenvalue weighted by Crippen LogP contribution is 2.05. The van der Waals surface area contributed by atoms with Crippen LogP contribution in [0.2, 0.25) is 0 Å². The maximum Gasteiger partial charge on any atom is 0.243 e. The molecule has 1 aromatic heterocycles. The van der Waals surface area contributed by atoms with Crippen LogP contribution in [0.1, 0.15) is 39.9 Å². The van der Waals surface area contributed by atoms with Gasteiger partial charge in [-0.25, -0.2) is 4.99 Å². The molecular weight excluding hydrogens is 342 g/mol. The highest BCUT2D eigenvalue weighted by Gasteiger charge is 2.12. The van der Waals surface area contributed by atoms with Gasteiger partial charge in [0.15, 0.2) is 5.96 Å². The van der Waals surface area contributed by atoms with E-state index >= 15 is 0 Å². The topological polar surface area (TPSA) is 73.1 Å². The van der Waals surface area contributed by atoms with E-state index in [0.29, 0.717) is 24.6 Å². The molecule has 1 amide bonds. The lowest BCUT2D eigenvalue weighted by molar-refractivity contribution is -0.127. The molecule has 0 spiro atoms. The third kappa shape index (κ3) is 9.47. The van der Waals surface area contributed by atoms with E-state index in [0.717, 1.165) is 31.7 Å². The van der Waals surface area contributed by atoms with Crippen molar-refractivity contribution < 1.29 is 9.21 Å². The van der Waals surface area contributed by atoms with E-state index in [2.05, 4.69) is 48.2 Å². The molecule has 0 saturated heterocycles. The number of rotatable bonds is 11. The van der Waals surface area contributed by atoms with Gasteiger partial charge < -0.3 is 20.0 Å². The Labute approximate surface area is 164 Å². The van der Waals surface area contributed by atoms with E-state index in [1.807, 2.05) is 12.1 Å². The van der Waals surface area contributed by atoms with Crippen LogP contribution < -0.4 is 10.6 Å². The SMILES string of the molecule is CC(C)N(CCCNC(=NCC(=O)N(C)C)NCCc1ccco1)C(C)C. The molecule has 2 N–H and O–H groups in total. The van der Waals surface area contributed by atoms with Gasteiger partial charge >= 0.3 is 0 Å². The summed E-state index contributed by atoms with van der Waals surface area (Å²) in [7, 11) is 3.48. The highest BCUT2D eigenvalue weighted by molar-refractivity contribution is 5.84. The van der Waals surface area contributed by atoms with Gasteiger partial charge in [0, 0.05) is 52.2 Å². The molecule has 1 aromatic rings. The lowest BCUT2D eigenvalue weighted by Crippen LogP contribution is -2.42. The Hall–Kier alpha value is -2.02. The second-order valence-corrected chi connectivity index (χ2v) is 7.41. The number of carbonyl (C=O) groups is 1. The molecule has 0 fully saturated rings. The number of hydrogen-bond donors (Lipinski definition) is 2. The summed E-state index contributed by atoms with van der Waals surface area (Å²) >= 11 is 0. The largest absolute Gasteiger partial charge is 0.469 e. The van der Waals surface area contributed by atoms with E-state index < -0.39 is 0 Å². The second-order valence-electron chi connectivity index (χ2n) is 7.41. The Balaban J connectivity index is 2.49. The molecule has 1 heterocycles. The third-order valence-corrected chi connectivity index (χ3v) is 4.33. The lowest BCUT2D eigenvalue weighted by atomic mass is 10.2. The van der Waals surface area contributed by atoms with Crippen molar-refractivity contribution in [3.63, 3.8) is 0 Å². The van der Waals surface area contributed by atoms with Crippen molar-refractivity contribution >= 4 is 11.9 Å². The number of amides is 1. The Bertz CT molecular complexity index is 545. The summed E-state index contributed by atoms with van der Waals surface area (Å²) < 4.78 is 5.35. The van der Waals surface area contributed by atoms with Crippen LogP contribution in [0.15, 0.2) is 27.8 Å². The predicted molar refractivity (Wildman–Crippen MR) is 111 cm³/mol. The van der Waals surface area contributed by atoms with Crippen LogP contribution >= 0.6 is 0 Å². The van der Waals surface area contributed by atoms with Gasteiger partial charge in [0.1, 0.15) is 12.3 Å². The fraction of sp³-hybridized carbons (Fsp3) is 0.700. The lowest BCUT2D eigenvalue weighted by Gasteiger charge is -2.30. The fourth-order valence-corrected chi connectivity index (χ4v) is 2.80. The zero-order valence-electron chi connectivity index (χ0n) is 17.8. The molecule has 0 aromatic carbocycles. The number of carbonyl (C=O) groups excluding carboxylic acids is 1. The number of nitrogens with zero attached hydrogens (tertiary/aromatic N) is 3. The Morgan fingerprint density at radius 1 is 1.15 bits per heavy atom. The molecule has 0 unspecified atom stereocenters. The second kappa shape index (κ2) is 12.4. The van der Waals surface area contributed by atoms with Crippen molar-refractivity contribution in [2.24, 2.45) is 4.99 Å². The van der Waals surface area contributed by atoms with Crippen molar-refractivity contribution in [1.82, 2.24) is 20.4 Å². The van der Waals surface area contributed by atoms with Gasteiger partial charge in [0.2, 0.25) is 5.91 Å². The molecule has 27 heavy (non-hydrogen) atoms. The standard InChI is InChI=1S/C20H37N5O2/c1-16(2)25(17(3)4)13-8-11-21-20(23-15-19(26)24(5)6)22-12-10-18-9-7-14-27-18/h7,9,14,16-17H,8,10-13,15H2,1-6H3,(H2,21,22,23). The van der Waals surface area contributed by atoms with E-state index in [9.17, 15) is 4.79 Å². The number of guanidine groups is 1. The Morgan fingerprint density at radius 3 is 2.37 bits per heavy atom. The van der Waals surface area contributed by atoms with Crippen molar-refractivity contribution in [3.8, 4) is 0 Å². The Kier molecular flexibility index (Phi) is 10.6. The number of aliphatic imine (C=N–C) groups is 1. The van der Waals surface area contributed by atoms with Crippen LogP contribution in [0.5, 0.6) is 0 Å². The first kappa shape index (κ1) is 23.0. The summed E-state index contributed by atoms with van der Waals surface area (Å²) in [6, 6.07) is 4.89. The zero-order chi connectivity index (χ0) is 20.2. The van der Waals surface area contributed by atoms with Crippen molar-refractivity contribution in [2.45, 2.75) is 52.6 Å². The molecule has 1 rings (SSSR count). The summed E-state index contributed by atoms with van der Waals surface area (Å²) in [6.45, 7) is 11.6. The van der Waals surface area contributed by atoms with Crippen LogP contribution in [0.25, 0.3) is 0 Å². The average Bonchev–Trinajstić information content (AvgIpc) is 3.11. The van der Waals surface area contributed by atoms with Gasteiger partial charge in [-0.05, 0) is 46.2 Å². The predicted octanol–water partition coefficient (Wildman–Crippen LogP) is 1.95. The van der Waals surface area contributed by atoms with Gasteiger partial charge in [0.25, 0.3) is 0 Å². The molecule has 7 nitrogen and oxygen atoms in total. The monoisotopic (exact) mass is 379 g/mol. The molecule has 0 aliphatic carbocycles. The molecule has 0 aliphatic heterocycles. The average molecular weight is 380 g/mol. The fourth-order valence-electron chi connectivity index (χ4n) is 2.80. The van der Waals surface area contributed by atoms with Crippen LogP contribution in [-0.2, 0) is 11.2 Å². The smallest absolute Gasteiger partial charge is 0.243 e. The first-order chi connectivity index (χ1) is 12.8. The highest BCUT2D eigenvalue weighted by atomic mass is 16.3. The van der Waals surface area contributed by atoms with Crippen LogP contribution in [0.4, 0.5) is 0 Å². The van der Waals surface area contributed by atoms with Gasteiger partial charge in [-0.1, -0.05) is 0 Å². The van der Waals surface area contributed by atoms with E-state index in [4.69, 9.17) is 4.42 Å². The minimum atomic E-state index is -0.0204.